The lowest BCUT2D eigenvalue weighted by Gasteiger charge is -2.26. The molecule has 0 saturated heterocycles. The third-order valence-electron chi connectivity index (χ3n) is 5.37. The smallest absolute Gasteiger partial charge is 0.0638 e. The van der Waals surface area contributed by atoms with Crippen LogP contribution in [0, 0.1) is 5.41 Å². The van der Waals surface area contributed by atoms with Crippen LogP contribution in [0.25, 0.3) is 0 Å². The first-order valence-electron chi connectivity index (χ1n) is 9.13. The minimum atomic E-state index is 0. The highest BCUT2D eigenvalue weighted by Gasteiger charge is 2.23. The van der Waals surface area contributed by atoms with Crippen molar-refractivity contribution in [2.45, 2.75) is 90.5 Å². The second-order valence-electron chi connectivity index (χ2n) is 6.85. The van der Waals surface area contributed by atoms with Crippen LogP contribution in [0.5, 0.6) is 0 Å². The summed E-state index contributed by atoms with van der Waals surface area (Å²) in [5.74, 6) is 0. The van der Waals surface area contributed by atoms with Crippen molar-refractivity contribution < 1.29 is 17.0 Å². The zero-order valence-electron chi connectivity index (χ0n) is 14.0. The van der Waals surface area contributed by atoms with Gasteiger partial charge in [-0.1, -0.05) is 32.6 Å². The number of nitrogens with one attached hydrogen (secondary N) is 1. The molecule has 0 aromatic carbocycles. The highest BCUT2D eigenvalue weighted by molar-refractivity contribution is 5.35. The highest BCUT2D eigenvalue weighted by atomic mass is 79.9. The van der Waals surface area contributed by atoms with E-state index in [-0.39, 0.29) is 17.0 Å². The van der Waals surface area contributed by atoms with Crippen LogP contribution in [0.4, 0.5) is 0 Å². The van der Waals surface area contributed by atoms with Gasteiger partial charge in [-0.15, -0.1) is 0 Å². The highest BCUT2D eigenvalue weighted by Crippen LogP contribution is 2.27. The molecule has 1 heterocycles. The molecule has 1 N–H and O–H groups in total. The topological polar surface area (TPSA) is 28.8 Å². The third-order valence-corrected chi connectivity index (χ3v) is 5.37. The number of hydrogen-bond donors (Lipinski definition) is 1. The van der Waals surface area contributed by atoms with Crippen molar-refractivity contribution in [3.63, 3.8) is 0 Å². The average molecular weight is 366 g/mol. The number of halogens is 1. The predicted octanol–water partition coefficient (Wildman–Crippen LogP) is 1.31. The minimum Gasteiger partial charge on any atom is -1.00 e. The maximum absolute atomic E-state index is 8.56. The van der Waals surface area contributed by atoms with Crippen molar-refractivity contribution >= 4 is 0 Å². The molecule has 3 rings (SSSR count). The normalized spacial score (nSPS) is 16.0. The van der Waals surface area contributed by atoms with Crippen LogP contribution in [-0.2, 0) is 32.2 Å². The van der Waals surface area contributed by atoms with Crippen LogP contribution in [0.2, 0.25) is 0 Å². The lowest BCUT2D eigenvalue weighted by molar-refractivity contribution is -0.00000472. The van der Waals surface area contributed by atoms with Crippen molar-refractivity contribution in [1.29, 1.82) is 5.41 Å². The molecule has 2 aliphatic carbocycles. The average Bonchev–Trinajstić information content (AvgIpc) is 3.00. The van der Waals surface area contributed by atoms with Crippen LogP contribution in [-0.4, -0.2) is 4.57 Å². The summed E-state index contributed by atoms with van der Waals surface area (Å²) in [6, 6.07) is 0. The molecular formula is C19H30BrN2-. The van der Waals surface area contributed by atoms with Gasteiger partial charge in [0.05, 0.1) is 5.36 Å². The van der Waals surface area contributed by atoms with Gasteiger partial charge in [0.25, 0.3) is 0 Å². The Bertz CT molecular complexity index is 560. The summed E-state index contributed by atoms with van der Waals surface area (Å²) < 4.78 is 2.65. The SMILES string of the molecule is CCCCCCCn1c2c(c(=N)c3c1CCC3)CCCC2.[Br-]. The molecule has 0 atom stereocenters. The van der Waals surface area contributed by atoms with Gasteiger partial charge in [-0.3, -0.25) is 0 Å². The second kappa shape index (κ2) is 8.33. The second-order valence-corrected chi connectivity index (χ2v) is 6.85. The summed E-state index contributed by atoms with van der Waals surface area (Å²) in [5.41, 5.74) is 5.85. The molecular weight excluding hydrogens is 336 g/mol. The number of aromatic nitrogens is 1. The fourth-order valence-corrected chi connectivity index (χ4v) is 4.24. The minimum absolute atomic E-state index is 0. The van der Waals surface area contributed by atoms with Crippen molar-refractivity contribution in [3.05, 3.63) is 27.9 Å². The van der Waals surface area contributed by atoms with Gasteiger partial charge in [-0.2, -0.15) is 0 Å². The number of pyridine rings is 1. The van der Waals surface area contributed by atoms with Gasteiger partial charge in [-0.25, -0.2) is 0 Å². The van der Waals surface area contributed by atoms with E-state index in [0.29, 0.717) is 0 Å². The number of hydrogen-bond acceptors (Lipinski definition) is 1. The van der Waals surface area contributed by atoms with Crippen molar-refractivity contribution in [2.75, 3.05) is 0 Å². The van der Waals surface area contributed by atoms with Gasteiger partial charge in [-0.05, 0) is 62.5 Å². The molecule has 0 spiro atoms. The molecule has 0 aliphatic heterocycles. The number of rotatable bonds is 6. The van der Waals surface area contributed by atoms with Crippen LogP contribution < -0.4 is 22.3 Å². The monoisotopic (exact) mass is 365 g/mol. The van der Waals surface area contributed by atoms with Gasteiger partial charge in [0.2, 0.25) is 0 Å². The molecule has 0 unspecified atom stereocenters. The van der Waals surface area contributed by atoms with Crippen LogP contribution >= 0.6 is 0 Å². The fourth-order valence-electron chi connectivity index (χ4n) is 4.24. The maximum atomic E-state index is 8.56. The zero-order chi connectivity index (χ0) is 14.7. The van der Waals surface area contributed by atoms with Gasteiger partial charge < -0.3 is 27.0 Å². The number of unbranched alkanes of at least 4 members (excludes halogenated alkanes) is 4. The third kappa shape index (κ3) is 3.50. The largest absolute Gasteiger partial charge is 1.00 e. The summed E-state index contributed by atoms with van der Waals surface area (Å²) in [6.45, 7) is 3.49. The van der Waals surface area contributed by atoms with E-state index in [4.69, 9.17) is 5.41 Å². The summed E-state index contributed by atoms with van der Waals surface area (Å²) in [6.07, 6.45) is 15.4. The summed E-state index contributed by atoms with van der Waals surface area (Å²) in [5, 5.41) is 9.47. The van der Waals surface area contributed by atoms with Crippen LogP contribution in [0.15, 0.2) is 0 Å². The van der Waals surface area contributed by atoms with E-state index in [0.717, 1.165) is 18.2 Å². The molecule has 0 radical (unpaired) electrons. The molecule has 2 aliphatic rings. The molecule has 124 valence electrons. The number of nitrogens with zero attached hydrogens (tertiary/aromatic N) is 1. The Hall–Kier alpha value is -0.570. The summed E-state index contributed by atoms with van der Waals surface area (Å²) in [4.78, 5) is 0. The molecule has 0 bridgehead atoms. The molecule has 3 heteroatoms. The Balaban J connectivity index is 0.00000176. The molecule has 0 amide bonds. The van der Waals surface area contributed by atoms with Crippen molar-refractivity contribution in [3.8, 4) is 0 Å². The van der Waals surface area contributed by atoms with E-state index in [1.54, 1.807) is 0 Å². The summed E-state index contributed by atoms with van der Waals surface area (Å²) >= 11 is 0. The van der Waals surface area contributed by atoms with E-state index in [1.165, 1.54) is 93.3 Å². The lowest BCUT2D eigenvalue weighted by Crippen LogP contribution is -3.00. The van der Waals surface area contributed by atoms with E-state index in [1.807, 2.05) is 0 Å². The van der Waals surface area contributed by atoms with E-state index in [2.05, 4.69) is 11.5 Å². The van der Waals surface area contributed by atoms with E-state index >= 15 is 0 Å². The molecule has 2 nitrogen and oxygen atoms in total. The molecule has 1 aromatic heterocycles. The first-order valence-corrected chi connectivity index (χ1v) is 9.13. The van der Waals surface area contributed by atoms with Crippen molar-refractivity contribution in [1.82, 2.24) is 4.57 Å². The van der Waals surface area contributed by atoms with E-state index < -0.39 is 0 Å². The first-order chi connectivity index (χ1) is 10.3. The van der Waals surface area contributed by atoms with Gasteiger partial charge in [0, 0.05) is 17.9 Å². The standard InChI is InChI=1S/C19H30N2.BrH/c1-2-3-4-5-8-14-21-17-12-7-6-10-15(17)19(20)16-11-9-13-18(16)21;/h20H,2-14H2,1H3;1H/p-1. The van der Waals surface area contributed by atoms with Crippen molar-refractivity contribution in [2.24, 2.45) is 0 Å². The Morgan fingerprint density at radius 1 is 0.818 bits per heavy atom. The first kappa shape index (κ1) is 17.8. The maximum Gasteiger partial charge on any atom is 0.0638 e. The predicted molar refractivity (Wildman–Crippen MR) is 87.7 cm³/mol. The Morgan fingerprint density at radius 3 is 2.14 bits per heavy atom. The van der Waals surface area contributed by atoms with Crippen LogP contribution in [0.3, 0.4) is 0 Å². The van der Waals surface area contributed by atoms with E-state index in [9.17, 15) is 0 Å². The quantitative estimate of drug-likeness (QED) is 0.736. The summed E-state index contributed by atoms with van der Waals surface area (Å²) in [7, 11) is 0. The van der Waals surface area contributed by atoms with Gasteiger partial charge >= 0.3 is 0 Å². The van der Waals surface area contributed by atoms with Gasteiger partial charge in [0.1, 0.15) is 0 Å². The fraction of sp³-hybridized carbons (Fsp3) is 0.737. The Labute approximate surface area is 145 Å². The molecule has 1 aromatic rings. The molecule has 22 heavy (non-hydrogen) atoms. The lowest BCUT2D eigenvalue weighted by atomic mass is 9.92. The number of fused-ring (bicyclic) bond motifs is 2. The van der Waals surface area contributed by atoms with Gasteiger partial charge in [0.15, 0.2) is 0 Å². The van der Waals surface area contributed by atoms with Crippen LogP contribution in [0.1, 0.15) is 80.8 Å². The Kier molecular flexibility index (Phi) is 6.73. The zero-order valence-corrected chi connectivity index (χ0v) is 15.6. The molecule has 0 fully saturated rings. The Morgan fingerprint density at radius 2 is 1.41 bits per heavy atom. The molecule has 0 saturated carbocycles.